The third-order valence-electron chi connectivity index (χ3n) is 4.40. The third kappa shape index (κ3) is 3.99. The lowest BCUT2D eigenvalue weighted by Gasteiger charge is -2.28. The lowest BCUT2D eigenvalue weighted by Crippen LogP contribution is -2.37. The van der Waals surface area contributed by atoms with Gasteiger partial charge in [0.25, 0.3) is 5.91 Å². The fourth-order valence-electron chi connectivity index (χ4n) is 2.98. The van der Waals surface area contributed by atoms with Gasteiger partial charge in [0.1, 0.15) is 5.75 Å². The molecule has 2 aromatic carbocycles. The van der Waals surface area contributed by atoms with Crippen molar-refractivity contribution in [3.63, 3.8) is 0 Å². The van der Waals surface area contributed by atoms with Crippen molar-refractivity contribution in [2.24, 2.45) is 0 Å². The number of nitrogens with zero attached hydrogens (tertiary/aromatic N) is 1. The van der Waals surface area contributed by atoms with Crippen molar-refractivity contribution in [2.45, 2.75) is 19.4 Å². The zero-order chi connectivity index (χ0) is 18.6. The number of rotatable bonds is 5. The number of benzene rings is 2. The molecule has 0 aromatic heterocycles. The minimum Gasteiger partial charge on any atom is -0.496 e. The Balaban J connectivity index is 1.67. The highest BCUT2D eigenvalue weighted by Gasteiger charge is 2.25. The number of carbonyl (C=O) groups is 1. The molecule has 1 aliphatic rings. The van der Waals surface area contributed by atoms with E-state index in [0.717, 1.165) is 17.7 Å². The fourth-order valence-corrected chi connectivity index (χ4v) is 4.62. The molecule has 0 radical (unpaired) electrons. The quantitative estimate of drug-likeness (QED) is 0.873. The molecule has 3 rings (SSSR count). The average Bonchev–Trinajstić information content (AvgIpc) is 2.66. The number of anilines is 1. The van der Waals surface area contributed by atoms with Crippen molar-refractivity contribution >= 4 is 21.6 Å². The molecule has 26 heavy (non-hydrogen) atoms. The Labute approximate surface area is 153 Å². The molecule has 1 fully saturated rings. The summed E-state index contributed by atoms with van der Waals surface area (Å²) >= 11 is 0. The number of amides is 1. The number of hydrogen-bond acceptors (Lipinski definition) is 4. The van der Waals surface area contributed by atoms with Crippen LogP contribution < -0.4 is 14.4 Å². The topological polar surface area (TPSA) is 75.7 Å². The summed E-state index contributed by atoms with van der Waals surface area (Å²) in [5, 5.41) is 2.85. The van der Waals surface area contributed by atoms with Crippen LogP contribution in [0.25, 0.3) is 0 Å². The highest BCUT2D eigenvalue weighted by atomic mass is 32.2. The molecule has 0 atom stereocenters. The van der Waals surface area contributed by atoms with E-state index >= 15 is 0 Å². The van der Waals surface area contributed by atoms with Crippen molar-refractivity contribution < 1.29 is 17.9 Å². The standard InChI is InChI=1S/C19H22N2O4S/c1-25-18-7-3-2-6-16(18)14-20-19(22)15-8-10-17(11-9-15)21-12-4-5-13-26(21,23)24/h2-3,6-11H,4-5,12-14H2,1H3,(H,20,22). The van der Waals surface area contributed by atoms with Crippen molar-refractivity contribution in [1.29, 1.82) is 0 Å². The Morgan fingerprint density at radius 2 is 1.85 bits per heavy atom. The molecule has 0 saturated carbocycles. The zero-order valence-corrected chi connectivity index (χ0v) is 15.5. The predicted molar refractivity (Wildman–Crippen MR) is 101 cm³/mol. The Hall–Kier alpha value is -2.54. The number of hydrogen-bond donors (Lipinski definition) is 1. The van der Waals surface area contributed by atoms with Gasteiger partial charge in [-0.15, -0.1) is 0 Å². The molecule has 7 heteroatoms. The Bertz CT molecular complexity index is 879. The molecule has 138 valence electrons. The van der Waals surface area contributed by atoms with Crippen LogP contribution in [0.3, 0.4) is 0 Å². The molecule has 1 saturated heterocycles. The van der Waals surface area contributed by atoms with Crippen LogP contribution in [0.4, 0.5) is 5.69 Å². The summed E-state index contributed by atoms with van der Waals surface area (Å²) in [6, 6.07) is 14.2. The van der Waals surface area contributed by atoms with Crippen LogP contribution in [-0.2, 0) is 16.6 Å². The van der Waals surface area contributed by atoms with E-state index in [4.69, 9.17) is 4.74 Å². The van der Waals surface area contributed by atoms with E-state index in [0.29, 0.717) is 30.8 Å². The van der Waals surface area contributed by atoms with Crippen molar-refractivity contribution in [1.82, 2.24) is 5.32 Å². The summed E-state index contributed by atoms with van der Waals surface area (Å²) in [5.74, 6) is 0.677. The van der Waals surface area contributed by atoms with Gasteiger partial charge in [-0.3, -0.25) is 9.10 Å². The van der Waals surface area contributed by atoms with E-state index in [9.17, 15) is 13.2 Å². The van der Waals surface area contributed by atoms with E-state index in [-0.39, 0.29) is 11.7 Å². The van der Waals surface area contributed by atoms with E-state index in [1.807, 2.05) is 24.3 Å². The summed E-state index contributed by atoms with van der Waals surface area (Å²) in [5.41, 5.74) is 1.98. The minimum absolute atomic E-state index is 0.175. The molecule has 0 spiro atoms. The summed E-state index contributed by atoms with van der Waals surface area (Å²) in [4.78, 5) is 12.3. The molecule has 0 aliphatic carbocycles. The number of carbonyl (C=O) groups excluding carboxylic acids is 1. The first-order chi connectivity index (χ1) is 12.5. The minimum atomic E-state index is -3.24. The van der Waals surface area contributed by atoms with Crippen molar-refractivity contribution in [2.75, 3.05) is 23.7 Å². The van der Waals surface area contributed by atoms with Gasteiger partial charge in [0, 0.05) is 24.2 Å². The van der Waals surface area contributed by atoms with Gasteiger partial charge in [-0.05, 0) is 43.2 Å². The highest BCUT2D eigenvalue weighted by Crippen LogP contribution is 2.24. The Kier molecular flexibility index (Phi) is 5.46. The molecule has 2 aromatic rings. The average molecular weight is 374 g/mol. The number of nitrogens with one attached hydrogen (secondary N) is 1. The smallest absolute Gasteiger partial charge is 0.251 e. The van der Waals surface area contributed by atoms with Crippen LogP contribution in [-0.4, -0.2) is 33.7 Å². The molecule has 0 unspecified atom stereocenters. The van der Waals surface area contributed by atoms with Crippen LogP contribution in [0.1, 0.15) is 28.8 Å². The summed E-state index contributed by atoms with van der Waals surface area (Å²) in [6.45, 7) is 0.840. The second-order valence-electron chi connectivity index (χ2n) is 6.14. The van der Waals surface area contributed by atoms with Crippen LogP contribution in [0.15, 0.2) is 48.5 Å². The SMILES string of the molecule is COc1ccccc1CNC(=O)c1ccc(N2CCCCS2(=O)=O)cc1. The van der Waals surface area contributed by atoms with Crippen LogP contribution >= 0.6 is 0 Å². The van der Waals surface area contributed by atoms with Crippen LogP contribution in [0.2, 0.25) is 0 Å². The number of methoxy groups -OCH3 is 1. The molecular formula is C19H22N2O4S. The molecule has 0 bridgehead atoms. The largest absolute Gasteiger partial charge is 0.496 e. The van der Waals surface area contributed by atoms with Crippen LogP contribution in [0.5, 0.6) is 5.75 Å². The second-order valence-corrected chi connectivity index (χ2v) is 8.15. The second kappa shape index (κ2) is 7.78. The van der Waals surface area contributed by atoms with E-state index in [1.54, 1.807) is 31.4 Å². The van der Waals surface area contributed by atoms with Gasteiger partial charge in [0.2, 0.25) is 10.0 Å². The Morgan fingerprint density at radius 1 is 1.12 bits per heavy atom. The molecule has 1 N–H and O–H groups in total. The lowest BCUT2D eigenvalue weighted by molar-refractivity contribution is 0.0950. The number of para-hydroxylation sites is 1. The molecule has 1 heterocycles. The van der Waals surface area contributed by atoms with Crippen LogP contribution in [0, 0.1) is 0 Å². The zero-order valence-electron chi connectivity index (χ0n) is 14.6. The maximum atomic E-state index is 12.3. The van der Waals surface area contributed by atoms with Crippen molar-refractivity contribution in [3.8, 4) is 5.75 Å². The lowest BCUT2D eigenvalue weighted by atomic mass is 10.1. The highest BCUT2D eigenvalue weighted by molar-refractivity contribution is 7.92. The van der Waals surface area contributed by atoms with E-state index in [2.05, 4.69) is 5.32 Å². The van der Waals surface area contributed by atoms with E-state index in [1.165, 1.54) is 4.31 Å². The van der Waals surface area contributed by atoms with Gasteiger partial charge in [-0.2, -0.15) is 0 Å². The molecule has 1 aliphatic heterocycles. The monoisotopic (exact) mass is 374 g/mol. The summed E-state index contributed by atoms with van der Waals surface area (Å²) in [6.07, 6.45) is 1.54. The first kappa shape index (κ1) is 18.3. The van der Waals surface area contributed by atoms with Gasteiger partial charge in [0.15, 0.2) is 0 Å². The van der Waals surface area contributed by atoms with Gasteiger partial charge in [-0.1, -0.05) is 18.2 Å². The van der Waals surface area contributed by atoms with E-state index < -0.39 is 10.0 Å². The van der Waals surface area contributed by atoms with Gasteiger partial charge in [-0.25, -0.2) is 8.42 Å². The maximum Gasteiger partial charge on any atom is 0.251 e. The molecule has 1 amide bonds. The molecule has 6 nitrogen and oxygen atoms in total. The van der Waals surface area contributed by atoms with Gasteiger partial charge < -0.3 is 10.1 Å². The fraction of sp³-hybridized carbons (Fsp3) is 0.316. The predicted octanol–water partition coefficient (Wildman–Crippen LogP) is 2.56. The number of sulfonamides is 1. The van der Waals surface area contributed by atoms with Crippen molar-refractivity contribution in [3.05, 3.63) is 59.7 Å². The molecular weight excluding hydrogens is 352 g/mol. The van der Waals surface area contributed by atoms with Gasteiger partial charge in [0.05, 0.1) is 18.6 Å². The number of ether oxygens (including phenoxy) is 1. The van der Waals surface area contributed by atoms with Gasteiger partial charge >= 0.3 is 0 Å². The third-order valence-corrected chi connectivity index (χ3v) is 6.27. The maximum absolute atomic E-state index is 12.3. The first-order valence-electron chi connectivity index (χ1n) is 8.52. The normalized spacial score (nSPS) is 16.1. The Morgan fingerprint density at radius 3 is 2.54 bits per heavy atom. The summed E-state index contributed by atoms with van der Waals surface area (Å²) < 4.78 is 31.0. The first-order valence-corrected chi connectivity index (χ1v) is 10.1. The summed E-state index contributed by atoms with van der Waals surface area (Å²) in [7, 11) is -1.65.